The minimum absolute atomic E-state index is 0.560. The fraction of sp³-hybridized carbons (Fsp3) is 0.278. The monoisotopic (exact) mass is 348 g/mol. The van der Waals surface area contributed by atoms with Crippen LogP contribution in [0.5, 0.6) is 17.2 Å². The van der Waals surface area contributed by atoms with Crippen LogP contribution in [-0.2, 0) is 6.54 Å². The van der Waals surface area contributed by atoms with Gasteiger partial charge in [-0.25, -0.2) is 0 Å². The van der Waals surface area contributed by atoms with Gasteiger partial charge in [-0.2, -0.15) is 5.10 Å². The highest BCUT2D eigenvalue weighted by atomic mass is 35.5. The summed E-state index contributed by atoms with van der Waals surface area (Å²) in [4.78, 5) is 0. The van der Waals surface area contributed by atoms with Crippen LogP contribution in [0.2, 0.25) is 5.02 Å². The zero-order chi connectivity index (χ0) is 17.5. The van der Waals surface area contributed by atoms with E-state index < -0.39 is 0 Å². The predicted molar refractivity (Wildman–Crippen MR) is 96.6 cm³/mol. The number of ether oxygens (including phenoxy) is 3. The molecule has 0 aromatic heterocycles. The van der Waals surface area contributed by atoms with Crippen molar-refractivity contribution in [3.05, 3.63) is 52.5 Å². The Kier molecular flexibility index (Phi) is 6.32. The summed E-state index contributed by atoms with van der Waals surface area (Å²) in [5.74, 6) is 2.04. The van der Waals surface area contributed by atoms with Gasteiger partial charge in [-0.3, -0.25) is 0 Å². The Balaban J connectivity index is 2.04. The van der Waals surface area contributed by atoms with Crippen LogP contribution in [0, 0.1) is 0 Å². The van der Waals surface area contributed by atoms with Crippen molar-refractivity contribution in [2.75, 3.05) is 21.3 Å². The number of nitrogens with zero attached hydrogens (tertiary/aromatic N) is 1. The molecule has 128 valence electrons. The van der Waals surface area contributed by atoms with E-state index in [-0.39, 0.29) is 0 Å². The van der Waals surface area contributed by atoms with Gasteiger partial charge in [0, 0.05) is 0 Å². The van der Waals surface area contributed by atoms with Crippen molar-refractivity contribution in [3.63, 3.8) is 0 Å². The molecule has 0 saturated heterocycles. The molecule has 0 radical (unpaired) electrons. The normalized spacial score (nSPS) is 11.1. The third-order valence-electron chi connectivity index (χ3n) is 3.55. The lowest BCUT2D eigenvalue weighted by Gasteiger charge is -2.10. The summed E-state index contributed by atoms with van der Waals surface area (Å²) >= 11 is 6.14. The number of benzene rings is 2. The van der Waals surface area contributed by atoms with E-state index >= 15 is 0 Å². The summed E-state index contributed by atoms with van der Waals surface area (Å²) in [6, 6.07) is 11.3. The van der Waals surface area contributed by atoms with Crippen molar-refractivity contribution in [1.82, 2.24) is 5.43 Å². The Morgan fingerprint density at radius 1 is 0.958 bits per heavy atom. The summed E-state index contributed by atoms with van der Waals surface area (Å²) in [6.45, 7) is 2.49. The standard InChI is InChI=1S/C18H21ClN2O3/c1-12(14-6-8-16(22-2)15(19)10-14)21-20-11-13-5-7-17(23-3)18(9-13)24-4/h5-10,20H,11H2,1-4H3/b21-12+. The molecule has 0 aliphatic carbocycles. The SMILES string of the molecule is COc1ccc(/C(C)=N/NCc2ccc(OC)c(OC)c2)cc1Cl. The Hall–Kier alpha value is -2.40. The molecule has 0 atom stereocenters. The highest BCUT2D eigenvalue weighted by molar-refractivity contribution is 6.32. The molecule has 2 rings (SSSR count). The van der Waals surface area contributed by atoms with E-state index in [0.717, 1.165) is 16.8 Å². The summed E-state index contributed by atoms with van der Waals surface area (Å²) in [5, 5.41) is 4.94. The second-order valence-electron chi connectivity index (χ2n) is 5.07. The number of halogens is 1. The van der Waals surface area contributed by atoms with Gasteiger partial charge in [0.25, 0.3) is 0 Å². The minimum Gasteiger partial charge on any atom is -0.495 e. The smallest absolute Gasteiger partial charge is 0.161 e. The van der Waals surface area contributed by atoms with E-state index in [0.29, 0.717) is 28.8 Å². The lowest BCUT2D eigenvalue weighted by atomic mass is 10.1. The maximum atomic E-state index is 6.14. The minimum atomic E-state index is 0.560. The Morgan fingerprint density at radius 3 is 2.25 bits per heavy atom. The van der Waals surface area contributed by atoms with Crippen LogP contribution in [0.3, 0.4) is 0 Å². The lowest BCUT2D eigenvalue weighted by molar-refractivity contribution is 0.354. The highest BCUT2D eigenvalue weighted by Crippen LogP contribution is 2.27. The van der Waals surface area contributed by atoms with Gasteiger partial charge < -0.3 is 19.6 Å². The first-order valence-electron chi connectivity index (χ1n) is 7.41. The number of hydrogen-bond acceptors (Lipinski definition) is 5. The number of hydrogen-bond donors (Lipinski definition) is 1. The zero-order valence-corrected chi connectivity index (χ0v) is 15.0. The van der Waals surface area contributed by atoms with E-state index in [4.69, 9.17) is 25.8 Å². The quantitative estimate of drug-likeness (QED) is 0.609. The van der Waals surface area contributed by atoms with Crippen molar-refractivity contribution in [1.29, 1.82) is 0 Å². The van der Waals surface area contributed by atoms with Gasteiger partial charge in [0.1, 0.15) is 5.75 Å². The van der Waals surface area contributed by atoms with Crippen molar-refractivity contribution >= 4 is 17.3 Å². The molecule has 0 aliphatic heterocycles. The molecule has 0 bridgehead atoms. The van der Waals surface area contributed by atoms with Gasteiger partial charge in [0.2, 0.25) is 0 Å². The van der Waals surface area contributed by atoms with Crippen LogP contribution < -0.4 is 19.6 Å². The van der Waals surface area contributed by atoms with Crippen LogP contribution in [0.4, 0.5) is 0 Å². The van der Waals surface area contributed by atoms with Gasteiger partial charge in [-0.1, -0.05) is 17.7 Å². The molecule has 5 nitrogen and oxygen atoms in total. The van der Waals surface area contributed by atoms with Gasteiger partial charge in [-0.05, 0) is 48.4 Å². The number of nitrogens with one attached hydrogen (secondary N) is 1. The van der Waals surface area contributed by atoms with Gasteiger partial charge >= 0.3 is 0 Å². The number of hydrazone groups is 1. The van der Waals surface area contributed by atoms with E-state index in [1.807, 2.05) is 43.3 Å². The first-order chi connectivity index (χ1) is 11.6. The first kappa shape index (κ1) is 17.9. The average molecular weight is 349 g/mol. The highest BCUT2D eigenvalue weighted by Gasteiger charge is 2.05. The van der Waals surface area contributed by atoms with Crippen LogP contribution in [0.15, 0.2) is 41.5 Å². The molecule has 0 aliphatic rings. The largest absolute Gasteiger partial charge is 0.495 e. The van der Waals surface area contributed by atoms with Crippen molar-refractivity contribution in [2.45, 2.75) is 13.5 Å². The second kappa shape index (κ2) is 8.45. The predicted octanol–water partition coefficient (Wildman–Crippen LogP) is 3.88. The topological polar surface area (TPSA) is 52.1 Å². The summed E-state index contributed by atoms with van der Waals surface area (Å²) in [5.41, 5.74) is 5.86. The summed E-state index contributed by atoms with van der Waals surface area (Å²) in [6.07, 6.45) is 0. The molecule has 1 N–H and O–H groups in total. The van der Waals surface area contributed by atoms with Crippen molar-refractivity contribution in [2.24, 2.45) is 5.10 Å². The fourth-order valence-electron chi connectivity index (χ4n) is 2.20. The molecule has 0 unspecified atom stereocenters. The Bertz CT molecular complexity index is 732. The van der Waals surface area contributed by atoms with Gasteiger partial charge in [0.15, 0.2) is 11.5 Å². The van der Waals surface area contributed by atoms with E-state index in [1.165, 1.54) is 0 Å². The molecular weight excluding hydrogens is 328 g/mol. The van der Waals surface area contributed by atoms with Crippen LogP contribution >= 0.6 is 11.6 Å². The molecule has 0 saturated carbocycles. The number of methoxy groups -OCH3 is 3. The molecule has 2 aromatic carbocycles. The van der Waals surface area contributed by atoms with Crippen LogP contribution in [0.25, 0.3) is 0 Å². The maximum Gasteiger partial charge on any atom is 0.161 e. The molecule has 0 heterocycles. The van der Waals surface area contributed by atoms with Crippen molar-refractivity contribution < 1.29 is 14.2 Å². The van der Waals surface area contributed by atoms with Crippen LogP contribution in [0.1, 0.15) is 18.1 Å². The molecular formula is C18H21ClN2O3. The van der Waals surface area contributed by atoms with E-state index in [2.05, 4.69) is 10.5 Å². The zero-order valence-electron chi connectivity index (χ0n) is 14.2. The maximum absolute atomic E-state index is 6.14. The average Bonchev–Trinajstić information content (AvgIpc) is 2.61. The summed E-state index contributed by atoms with van der Waals surface area (Å²) in [7, 11) is 4.82. The van der Waals surface area contributed by atoms with Crippen LogP contribution in [-0.4, -0.2) is 27.0 Å². The second-order valence-corrected chi connectivity index (χ2v) is 5.48. The van der Waals surface area contributed by atoms with E-state index in [1.54, 1.807) is 21.3 Å². The third-order valence-corrected chi connectivity index (χ3v) is 3.84. The molecule has 0 fully saturated rings. The third kappa shape index (κ3) is 4.32. The van der Waals surface area contributed by atoms with E-state index in [9.17, 15) is 0 Å². The fourth-order valence-corrected chi connectivity index (χ4v) is 2.45. The molecule has 24 heavy (non-hydrogen) atoms. The molecule has 6 heteroatoms. The lowest BCUT2D eigenvalue weighted by Crippen LogP contribution is -2.09. The van der Waals surface area contributed by atoms with Crippen molar-refractivity contribution in [3.8, 4) is 17.2 Å². The van der Waals surface area contributed by atoms with Gasteiger partial charge in [0.05, 0.1) is 38.6 Å². The Morgan fingerprint density at radius 2 is 1.62 bits per heavy atom. The molecule has 0 spiro atoms. The number of rotatable bonds is 7. The molecule has 2 aromatic rings. The summed E-state index contributed by atoms with van der Waals surface area (Å²) < 4.78 is 15.7. The molecule has 0 amide bonds. The van der Waals surface area contributed by atoms with Gasteiger partial charge in [-0.15, -0.1) is 0 Å². The first-order valence-corrected chi connectivity index (χ1v) is 7.78. The Labute approximate surface area is 147 Å².